The topological polar surface area (TPSA) is 165 Å². The molecule has 3 aromatic carbocycles. The molecule has 0 aromatic heterocycles. The summed E-state index contributed by atoms with van der Waals surface area (Å²) in [7, 11) is 1.50. The zero-order valence-electron chi connectivity index (χ0n) is 20.7. The van der Waals surface area contributed by atoms with Gasteiger partial charge in [0.25, 0.3) is 11.6 Å². The van der Waals surface area contributed by atoms with Gasteiger partial charge >= 0.3 is 5.69 Å². The summed E-state index contributed by atoms with van der Waals surface area (Å²) in [6.07, 6.45) is 1.38. The van der Waals surface area contributed by atoms with Gasteiger partial charge in [0.1, 0.15) is 0 Å². The Balaban J connectivity index is 1.78. The van der Waals surface area contributed by atoms with Gasteiger partial charge in [-0.15, -0.1) is 0 Å². The average molecular weight is 524 g/mol. The molecule has 0 bridgehead atoms. The molecule has 0 aliphatic rings. The number of hydrazone groups is 1. The first kappa shape index (κ1) is 27.4. The highest BCUT2D eigenvalue weighted by Gasteiger charge is 2.22. The van der Waals surface area contributed by atoms with Crippen molar-refractivity contribution in [2.75, 3.05) is 20.3 Å². The maximum absolute atomic E-state index is 12.5. The maximum atomic E-state index is 12.5. The molecule has 3 rings (SSSR count). The van der Waals surface area contributed by atoms with Crippen LogP contribution in [0.3, 0.4) is 0 Å². The van der Waals surface area contributed by atoms with E-state index in [0.717, 1.165) is 18.2 Å². The number of carbonyl (C=O) groups is 1. The third-order valence-electron chi connectivity index (χ3n) is 4.94. The van der Waals surface area contributed by atoms with Crippen molar-refractivity contribution in [2.24, 2.45) is 5.10 Å². The summed E-state index contributed by atoms with van der Waals surface area (Å²) >= 11 is 0. The van der Waals surface area contributed by atoms with Crippen molar-refractivity contribution in [1.82, 2.24) is 5.43 Å². The fraction of sp³-hybridized carbons (Fsp3) is 0.200. The summed E-state index contributed by atoms with van der Waals surface area (Å²) in [4.78, 5) is 33.4. The number of nitrogens with one attached hydrogen (secondary N) is 1. The number of nitro groups is 2. The van der Waals surface area contributed by atoms with Gasteiger partial charge in [-0.1, -0.05) is 0 Å². The second-order valence-corrected chi connectivity index (χ2v) is 7.41. The second-order valence-electron chi connectivity index (χ2n) is 7.41. The number of nitro benzene ring substituents is 2. The number of hydrogen-bond acceptors (Lipinski definition) is 10. The Kier molecular flexibility index (Phi) is 9.13. The van der Waals surface area contributed by atoms with Gasteiger partial charge in [0.15, 0.2) is 23.0 Å². The van der Waals surface area contributed by atoms with E-state index in [-0.39, 0.29) is 23.9 Å². The number of hydrogen-bond donors (Lipinski definition) is 1. The molecular weight excluding hydrogens is 500 g/mol. The summed E-state index contributed by atoms with van der Waals surface area (Å²) in [5.41, 5.74) is 2.27. The molecule has 0 unspecified atom stereocenters. The van der Waals surface area contributed by atoms with Crippen molar-refractivity contribution in [2.45, 2.75) is 13.8 Å². The van der Waals surface area contributed by atoms with E-state index in [0.29, 0.717) is 29.2 Å². The third-order valence-corrected chi connectivity index (χ3v) is 4.94. The molecule has 0 fully saturated rings. The SMILES string of the molecule is CCOc1cc(C(=O)N/N=C/c2ccc(Oc3ccc([N+](=O)[O-])cc3[N+](=O)[O-])c(OCC)c2)ccc1OC. The van der Waals surface area contributed by atoms with Gasteiger partial charge in [0.2, 0.25) is 5.75 Å². The van der Waals surface area contributed by atoms with Crippen LogP contribution in [0.25, 0.3) is 0 Å². The zero-order valence-corrected chi connectivity index (χ0v) is 20.7. The van der Waals surface area contributed by atoms with Gasteiger partial charge in [-0.3, -0.25) is 25.0 Å². The van der Waals surface area contributed by atoms with E-state index in [1.54, 1.807) is 37.3 Å². The fourth-order valence-electron chi connectivity index (χ4n) is 3.24. The Morgan fingerprint density at radius 1 is 0.868 bits per heavy atom. The van der Waals surface area contributed by atoms with E-state index in [2.05, 4.69) is 10.5 Å². The summed E-state index contributed by atoms with van der Waals surface area (Å²) in [5, 5.41) is 26.4. The van der Waals surface area contributed by atoms with Crippen LogP contribution in [-0.2, 0) is 0 Å². The molecule has 3 aromatic rings. The van der Waals surface area contributed by atoms with Crippen molar-refractivity contribution in [3.05, 3.63) is 86.0 Å². The summed E-state index contributed by atoms with van der Waals surface area (Å²) in [5.74, 6) is 0.647. The van der Waals surface area contributed by atoms with Crippen LogP contribution in [-0.4, -0.2) is 42.3 Å². The molecule has 0 saturated heterocycles. The molecule has 1 N–H and O–H groups in total. The first-order valence-electron chi connectivity index (χ1n) is 11.3. The number of amides is 1. The van der Waals surface area contributed by atoms with Crippen LogP contribution < -0.4 is 24.4 Å². The minimum atomic E-state index is -0.771. The Hall–Kier alpha value is -5.20. The Labute approximate surface area is 216 Å². The Morgan fingerprint density at radius 2 is 1.53 bits per heavy atom. The quantitative estimate of drug-likeness (QED) is 0.198. The third kappa shape index (κ3) is 6.72. The van der Waals surface area contributed by atoms with Crippen LogP contribution in [0.1, 0.15) is 29.8 Å². The maximum Gasteiger partial charge on any atom is 0.318 e. The molecule has 0 radical (unpaired) electrons. The predicted molar refractivity (Wildman–Crippen MR) is 137 cm³/mol. The van der Waals surface area contributed by atoms with Gasteiger partial charge in [0.05, 0.1) is 42.5 Å². The van der Waals surface area contributed by atoms with Gasteiger partial charge in [-0.2, -0.15) is 5.10 Å². The molecule has 0 saturated carbocycles. The van der Waals surface area contributed by atoms with Gasteiger partial charge in [-0.25, -0.2) is 5.43 Å². The van der Waals surface area contributed by atoms with Crippen LogP contribution in [0.4, 0.5) is 11.4 Å². The van der Waals surface area contributed by atoms with Crippen molar-refractivity contribution in [3.8, 4) is 28.7 Å². The van der Waals surface area contributed by atoms with Crippen molar-refractivity contribution >= 4 is 23.5 Å². The zero-order chi connectivity index (χ0) is 27.7. The number of nitrogens with zero attached hydrogens (tertiary/aromatic N) is 3. The minimum absolute atomic E-state index is 0.145. The highest BCUT2D eigenvalue weighted by molar-refractivity contribution is 5.95. The van der Waals surface area contributed by atoms with Crippen LogP contribution in [0.2, 0.25) is 0 Å². The lowest BCUT2D eigenvalue weighted by atomic mass is 10.2. The lowest BCUT2D eigenvalue weighted by Gasteiger charge is -2.12. The number of non-ortho nitro benzene ring substituents is 1. The first-order valence-corrected chi connectivity index (χ1v) is 11.3. The fourth-order valence-corrected chi connectivity index (χ4v) is 3.24. The van der Waals surface area contributed by atoms with Gasteiger partial charge in [0, 0.05) is 11.6 Å². The molecule has 0 heterocycles. The van der Waals surface area contributed by atoms with E-state index >= 15 is 0 Å². The van der Waals surface area contributed by atoms with Crippen LogP contribution >= 0.6 is 0 Å². The molecule has 0 atom stereocenters. The lowest BCUT2D eigenvalue weighted by Crippen LogP contribution is -2.17. The molecule has 13 heteroatoms. The lowest BCUT2D eigenvalue weighted by molar-refractivity contribution is -0.394. The van der Waals surface area contributed by atoms with Crippen LogP contribution in [0.5, 0.6) is 28.7 Å². The van der Waals surface area contributed by atoms with Crippen LogP contribution in [0, 0.1) is 20.2 Å². The first-order chi connectivity index (χ1) is 18.3. The van der Waals surface area contributed by atoms with E-state index in [4.69, 9.17) is 18.9 Å². The van der Waals surface area contributed by atoms with E-state index < -0.39 is 27.1 Å². The number of benzene rings is 3. The van der Waals surface area contributed by atoms with Crippen LogP contribution in [0.15, 0.2) is 59.7 Å². The molecule has 38 heavy (non-hydrogen) atoms. The normalized spacial score (nSPS) is 10.6. The Morgan fingerprint density at radius 3 is 2.16 bits per heavy atom. The predicted octanol–water partition coefficient (Wildman–Crippen LogP) is 4.87. The number of carbonyl (C=O) groups excluding carboxylic acids is 1. The molecule has 198 valence electrons. The number of ether oxygens (including phenoxy) is 4. The molecule has 0 aliphatic carbocycles. The molecule has 0 spiro atoms. The van der Waals surface area contributed by atoms with Crippen molar-refractivity contribution in [3.63, 3.8) is 0 Å². The van der Waals surface area contributed by atoms with Crippen molar-refractivity contribution < 1.29 is 33.6 Å². The van der Waals surface area contributed by atoms with E-state index in [9.17, 15) is 25.0 Å². The average Bonchev–Trinajstić information content (AvgIpc) is 2.90. The molecule has 1 amide bonds. The summed E-state index contributed by atoms with van der Waals surface area (Å²) in [6.45, 7) is 4.22. The van der Waals surface area contributed by atoms with E-state index in [1.807, 2.05) is 6.92 Å². The minimum Gasteiger partial charge on any atom is -0.493 e. The smallest absolute Gasteiger partial charge is 0.318 e. The second kappa shape index (κ2) is 12.7. The summed E-state index contributed by atoms with van der Waals surface area (Å²) in [6, 6.07) is 12.5. The highest BCUT2D eigenvalue weighted by atomic mass is 16.6. The highest BCUT2D eigenvalue weighted by Crippen LogP contribution is 2.38. The Bertz CT molecular complexity index is 1370. The molecular formula is C25H24N4O9. The van der Waals surface area contributed by atoms with Gasteiger partial charge in [-0.05, 0) is 61.9 Å². The monoisotopic (exact) mass is 524 g/mol. The standard InChI is InChI=1S/C25H24N4O9/c1-4-36-23-12-16(15-26-27-25(30)17-7-10-21(35-3)24(13-17)37-5-2)6-9-22(23)38-20-11-8-18(28(31)32)14-19(20)29(33)34/h6-15H,4-5H2,1-3H3,(H,27,30)/b26-15+. The number of methoxy groups -OCH3 is 1. The largest absolute Gasteiger partial charge is 0.493 e. The number of rotatable bonds is 12. The molecule has 13 nitrogen and oxygen atoms in total. The molecule has 0 aliphatic heterocycles. The van der Waals surface area contributed by atoms with Crippen molar-refractivity contribution in [1.29, 1.82) is 0 Å². The summed E-state index contributed by atoms with van der Waals surface area (Å²) < 4.78 is 22.0. The van der Waals surface area contributed by atoms with Gasteiger partial charge < -0.3 is 18.9 Å². The van der Waals surface area contributed by atoms with E-state index in [1.165, 1.54) is 19.4 Å².